The summed E-state index contributed by atoms with van der Waals surface area (Å²) in [5.74, 6) is 2.06. The lowest BCUT2D eigenvalue weighted by Crippen LogP contribution is -2.30. The van der Waals surface area contributed by atoms with Crippen LogP contribution in [-0.2, 0) is 9.53 Å². The van der Waals surface area contributed by atoms with Gasteiger partial charge in [0.25, 0.3) is 0 Å². The molecule has 0 radical (unpaired) electrons. The Morgan fingerprint density at radius 3 is 2.18 bits per heavy atom. The number of esters is 1. The van der Waals surface area contributed by atoms with Crippen molar-refractivity contribution in [3.05, 3.63) is 34.7 Å². The van der Waals surface area contributed by atoms with Gasteiger partial charge >= 0.3 is 11.6 Å². The standard InChI is InChI=1S/C17H32O2.C7H4O2/c1-5-6-7-8-16-9-11-17(12-10-16)13(2)14(3)19-15(4)18;8-7-5-1-3-6(9-7)4-2-5/h13-14,16-17H,5-12H2,1-4H3;1-4H. The summed E-state index contributed by atoms with van der Waals surface area (Å²) in [6.45, 7) is 8.07. The van der Waals surface area contributed by atoms with Gasteiger partial charge in [-0.3, -0.25) is 4.79 Å². The van der Waals surface area contributed by atoms with Crippen molar-refractivity contribution in [2.45, 2.75) is 85.2 Å². The Labute approximate surface area is 169 Å². The smallest absolute Gasteiger partial charge is 0.343 e. The van der Waals surface area contributed by atoms with E-state index in [-0.39, 0.29) is 17.7 Å². The predicted molar refractivity (Wildman–Crippen MR) is 114 cm³/mol. The van der Waals surface area contributed by atoms with E-state index in [0.29, 0.717) is 16.9 Å². The number of carbonyl (C=O) groups excluding carboxylic acids is 1. The summed E-state index contributed by atoms with van der Waals surface area (Å²) in [5, 5.41) is 0.630. The molecule has 2 aromatic heterocycles. The molecule has 28 heavy (non-hydrogen) atoms. The Kier molecular flexibility index (Phi) is 9.01. The average molecular weight is 389 g/mol. The molecule has 0 amide bonds. The van der Waals surface area contributed by atoms with Crippen LogP contribution in [0.2, 0.25) is 0 Å². The zero-order valence-electron chi connectivity index (χ0n) is 17.9. The van der Waals surface area contributed by atoms with E-state index in [9.17, 15) is 9.59 Å². The molecule has 4 heteroatoms. The lowest BCUT2D eigenvalue weighted by Gasteiger charge is -2.34. The number of unbranched alkanes of at least 4 members (excludes halogenated alkanes) is 2. The lowest BCUT2D eigenvalue weighted by atomic mass is 9.73. The molecule has 0 aliphatic heterocycles. The number of rotatable bonds is 7. The predicted octanol–water partition coefficient (Wildman–Crippen LogP) is 6.19. The first-order chi connectivity index (χ1) is 13.4. The highest BCUT2D eigenvalue weighted by molar-refractivity contribution is 5.66. The maximum absolute atomic E-state index is 11.0. The first kappa shape index (κ1) is 22.4. The first-order valence-electron chi connectivity index (χ1n) is 10.9. The van der Waals surface area contributed by atoms with Gasteiger partial charge in [0.15, 0.2) is 0 Å². The maximum Gasteiger partial charge on any atom is 0.343 e. The third kappa shape index (κ3) is 6.96. The van der Waals surface area contributed by atoms with Crippen molar-refractivity contribution in [2.24, 2.45) is 17.8 Å². The third-order valence-electron chi connectivity index (χ3n) is 6.24. The lowest BCUT2D eigenvalue weighted by molar-refractivity contribution is -0.149. The highest BCUT2D eigenvalue weighted by Gasteiger charge is 2.29. The van der Waals surface area contributed by atoms with Gasteiger partial charge in [0.05, 0.1) is 5.39 Å². The molecule has 1 aliphatic rings. The fourth-order valence-electron chi connectivity index (χ4n) is 4.26. The summed E-state index contributed by atoms with van der Waals surface area (Å²) < 4.78 is 10.1. The van der Waals surface area contributed by atoms with Crippen molar-refractivity contribution in [1.29, 1.82) is 0 Å². The van der Waals surface area contributed by atoms with Crippen molar-refractivity contribution < 1.29 is 13.9 Å². The average Bonchev–Trinajstić information content (AvgIpc) is 2.69. The van der Waals surface area contributed by atoms with E-state index < -0.39 is 0 Å². The first-order valence-corrected chi connectivity index (χ1v) is 10.9. The molecular formula is C24H36O4. The van der Waals surface area contributed by atoms with Crippen LogP contribution >= 0.6 is 0 Å². The van der Waals surface area contributed by atoms with Crippen LogP contribution in [0.15, 0.2) is 33.5 Å². The van der Waals surface area contributed by atoms with E-state index in [1.54, 1.807) is 24.3 Å². The minimum Gasteiger partial charge on any atom is -0.463 e. The number of hydrogen-bond donors (Lipinski definition) is 0. The topological polar surface area (TPSA) is 56.5 Å². The fourth-order valence-corrected chi connectivity index (χ4v) is 4.26. The van der Waals surface area contributed by atoms with E-state index in [4.69, 9.17) is 9.15 Å². The number of carbonyl (C=O) groups is 1. The molecule has 156 valence electrons. The molecule has 1 fully saturated rings. The second kappa shape index (κ2) is 11.2. The van der Waals surface area contributed by atoms with E-state index in [1.165, 1.54) is 58.3 Å². The minimum atomic E-state index is -0.241. The molecule has 1 saturated carbocycles. The van der Waals surface area contributed by atoms with Crippen LogP contribution in [0.3, 0.4) is 0 Å². The fraction of sp³-hybridized carbons (Fsp3) is 0.667. The summed E-state index contributed by atoms with van der Waals surface area (Å²) in [7, 11) is 0. The molecule has 2 bridgehead atoms. The summed E-state index contributed by atoms with van der Waals surface area (Å²) >= 11 is 0. The molecular weight excluding hydrogens is 352 g/mol. The van der Waals surface area contributed by atoms with Crippen molar-refractivity contribution >= 4 is 16.9 Å². The van der Waals surface area contributed by atoms with Crippen molar-refractivity contribution in [1.82, 2.24) is 0 Å². The summed E-state index contributed by atoms with van der Waals surface area (Å²) in [4.78, 5) is 21.7. The normalized spacial score (nSPS) is 21.6. The second-order valence-electron chi connectivity index (χ2n) is 8.36. The molecule has 2 unspecified atom stereocenters. The quantitative estimate of drug-likeness (QED) is 0.419. The molecule has 4 rings (SSSR count). The van der Waals surface area contributed by atoms with Gasteiger partial charge in [0.1, 0.15) is 11.7 Å². The molecule has 0 N–H and O–H groups in total. The Morgan fingerprint density at radius 2 is 1.75 bits per heavy atom. The molecule has 0 spiro atoms. The summed E-state index contributed by atoms with van der Waals surface area (Å²) in [5.41, 5.74) is 0.394. The van der Waals surface area contributed by atoms with Gasteiger partial charge in [0.2, 0.25) is 0 Å². The minimum absolute atomic E-state index is 0.0686. The van der Waals surface area contributed by atoms with Gasteiger partial charge in [-0.05, 0) is 61.8 Å². The molecule has 1 aromatic carbocycles. The van der Waals surface area contributed by atoms with Crippen LogP contribution in [0.25, 0.3) is 11.0 Å². The van der Waals surface area contributed by atoms with E-state index in [0.717, 1.165) is 11.8 Å². The van der Waals surface area contributed by atoms with Gasteiger partial charge in [0, 0.05) is 6.92 Å². The Morgan fingerprint density at radius 1 is 1.11 bits per heavy atom. The van der Waals surface area contributed by atoms with Crippen molar-refractivity contribution in [3.63, 3.8) is 0 Å². The molecule has 3 aromatic rings. The highest BCUT2D eigenvalue weighted by atomic mass is 16.5. The zero-order valence-corrected chi connectivity index (χ0v) is 17.9. The highest BCUT2D eigenvalue weighted by Crippen LogP contribution is 2.37. The van der Waals surface area contributed by atoms with Crippen LogP contribution < -0.4 is 5.63 Å². The summed E-state index contributed by atoms with van der Waals surface area (Å²) in [6, 6.07) is 7.05. The third-order valence-corrected chi connectivity index (χ3v) is 6.24. The Balaban J connectivity index is 0.000000255. The number of fused-ring (bicyclic) bond motifs is 3. The number of benzene rings is 1. The molecule has 1 aliphatic carbocycles. The van der Waals surface area contributed by atoms with Crippen LogP contribution in [0, 0.1) is 17.8 Å². The summed E-state index contributed by atoms with van der Waals surface area (Å²) in [6.07, 6.45) is 11.0. The number of ether oxygens (including phenoxy) is 1. The van der Waals surface area contributed by atoms with E-state index in [2.05, 4.69) is 13.8 Å². The van der Waals surface area contributed by atoms with Crippen molar-refractivity contribution in [3.8, 4) is 0 Å². The van der Waals surface area contributed by atoms with Gasteiger partial charge in [-0.25, -0.2) is 4.79 Å². The monoisotopic (exact) mass is 388 g/mol. The van der Waals surface area contributed by atoms with Crippen LogP contribution in [0.5, 0.6) is 0 Å². The Hall–Kier alpha value is -1.84. The van der Waals surface area contributed by atoms with E-state index >= 15 is 0 Å². The zero-order chi connectivity index (χ0) is 20.5. The Bertz CT molecular complexity index is 722. The van der Waals surface area contributed by atoms with Gasteiger partial charge in [-0.15, -0.1) is 0 Å². The molecule has 2 heterocycles. The SMILES string of the molecule is CCCCCC1CCC(C(C)C(C)OC(C)=O)CC1.O=c1oc2ccc1cc2. The second-order valence-corrected chi connectivity index (χ2v) is 8.36. The molecule has 4 nitrogen and oxygen atoms in total. The largest absolute Gasteiger partial charge is 0.463 e. The van der Waals surface area contributed by atoms with Gasteiger partial charge in [-0.1, -0.05) is 52.4 Å². The van der Waals surface area contributed by atoms with Gasteiger partial charge < -0.3 is 9.15 Å². The van der Waals surface area contributed by atoms with Crippen molar-refractivity contribution in [2.75, 3.05) is 0 Å². The van der Waals surface area contributed by atoms with E-state index in [1.807, 2.05) is 6.92 Å². The molecule has 0 saturated heterocycles. The number of hydrogen-bond acceptors (Lipinski definition) is 4. The maximum atomic E-state index is 11.0. The van der Waals surface area contributed by atoms with Gasteiger partial charge in [-0.2, -0.15) is 0 Å². The van der Waals surface area contributed by atoms with Crippen LogP contribution in [0.4, 0.5) is 0 Å². The molecule has 2 atom stereocenters. The van der Waals surface area contributed by atoms with Crippen LogP contribution in [-0.4, -0.2) is 12.1 Å². The van der Waals surface area contributed by atoms with Crippen LogP contribution in [0.1, 0.15) is 79.1 Å².